The highest BCUT2D eigenvalue weighted by Crippen LogP contribution is 2.31. The maximum atomic E-state index is 4.98. The standard InChI is InChI=1S/C19H18IN3/c20-17-7-3-1-5-15(17)13-23-18-8-4-2-6-16(18)19(22-23)14-9-11-21-12-10-14/h1,3,5,7,9-12H,2,4,6,8,13H2. The normalized spacial score (nSPS) is 13.8. The Labute approximate surface area is 149 Å². The van der Waals surface area contributed by atoms with Crippen LogP contribution in [-0.2, 0) is 19.4 Å². The van der Waals surface area contributed by atoms with Crippen LogP contribution in [0.3, 0.4) is 0 Å². The van der Waals surface area contributed by atoms with Crippen molar-refractivity contribution < 1.29 is 0 Å². The van der Waals surface area contributed by atoms with Gasteiger partial charge in [-0.25, -0.2) is 0 Å². The summed E-state index contributed by atoms with van der Waals surface area (Å²) in [5.74, 6) is 0. The zero-order valence-corrected chi connectivity index (χ0v) is 15.0. The third-order valence-corrected chi connectivity index (χ3v) is 5.54. The molecule has 0 amide bonds. The van der Waals surface area contributed by atoms with E-state index in [9.17, 15) is 0 Å². The summed E-state index contributed by atoms with van der Waals surface area (Å²) in [6.45, 7) is 0.854. The van der Waals surface area contributed by atoms with Gasteiger partial charge in [-0.3, -0.25) is 9.67 Å². The van der Waals surface area contributed by atoms with Crippen LogP contribution in [0.5, 0.6) is 0 Å². The summed E-state index contributed by atoms with van der Waals surface area (Å²) in [5.41, 5.74) is 6.52. The van der Waals surface area contributed by atoms with Crippen molar-refractivity contribution in [2.75, 3.05) is 0 Å². The number of benzene rings is 1. The SMILES string of the molecule is Ic1ccccc1Cn1nc(-c2ccncc2)c2c1CCCC2. The molecule has 1 aliphatic rings. The molecule has 0 fully saturated rings. The number of aromatic nitrogens is 3. The average molecular weight is 415 g/mol. The van der Waals surface area contributed by atoms with Gasteiger partial charge in [-0.2, -0.15) is 5.10 Å². The van der Waals surface area contributed by atoms with Gasteiger partial charge in [0.15, 0.2) is 0 Å². The molecular formula is C19H18IN3. The first-order valence-electron chi connectivity index (χ1n) is 8.05. The number of fused-ring (bicyclic) bond motifs is 1. The second kappa shape index (κ2) is 6.43. The molecule has 0 atom stereocenters. The van der Waals surface area contributed by atoms with E-state index in [-0.39, 0.29) is 0 Å². The zero-order chi connectivity index (χ0) is 15.6. The number of rotatable bonds is 3. The summed E-state index contributed by atoms with van der Waals surface area (Å²) in [6.07, 6.45) is 8.50. The van der Waals surface area contributed by atoms with E-state index >= 15 is 0 Å². The predicted molar refractivity (Wildman–Crippen MR) is 100 cm³/mol. The molecule has 0 saturated heterocycles. The van der Waals surface area contributed by atoms with E-state index in [1.807, 2.05) is 12.4 Å². The molecule has 2 heterocycles. The fourth-order valence-electron chi connectivity index (χ4n) is 3.33. The Morgan fingerprint density at radius 2 is 1.78 bits per heavy atom. The Balaban J connectivity index is 1.79. The van der Waals surface area contributed by atoms with Crippen molar-refractivity contribution in [3.63, 3.8) is 0 Å². The minimum Gasteiger partial charge on any atom is -0.265 e. The van der Waals surface area contributed by atoms with Gasteiger partial charge in [0.1, 0.15) is 0 Å². The molecule has 2 aromatic heterocycles. The largest absolute Gasteiger partial charge is 0.265 e. The number of hydrogen-bond acceptors (Lipinski definition) is 2. The van der Waals surface area contributed by atoms with Crippen molar-refractivity contribution in [1.29, 1.82) is 0 Å². The van der Waals surface area contributed by atoms with E-state index in [1.54, 1.807) is 0 Å². The first-order chi connectivity index (χ1) is 11.3. The molecule has 116 valence electrons. The lowest BCUT2D eigenvalue weighted by Crippen LogP contribution is -2.11. The van der Waals surface area contributed by atoms with Gasteiger partial charge in [-0.15, -0.1) is 0 Å². The van der Waals surface area contributed by atoms with Crippen LogP contribution in [-0.4, -0.2) is 14.8 Å². The van der Waals surface area contributed by atoms with Crippen molar-refractivity contribution in [2.24, 2.45) is 0 Å². The van der Waals surface area contributed by atoms with Gasteiger partial charge in [-0.05, 0) is 72.0 Å². The van der Waals surface area contributed by atoms with Crippen LogP contribution in [0.1, 0.15) is 29.7 Å². The molecule has 23 heavy (non-hydrogen) atoms. The molecule has 0 aliphatic heterocycles. The molecule has 0 unspecified atom stereocenters. The Morgan fingerprint density at radius 1 is 1.00 bits per heavy atom. The van der Waals surface area contributed by atoms with Gasteiger partial charge >= 0.3 is 0 Å². The lowest BCUT2D eigenvalue weighted by Gasteiger charge is -2.14. The monoisotopic (exact) mass is 415 g/mol. The van der Waals surface area contributed by atoms with Gasteiger partial charge < -0.3 is 0 Å². The first kappa shape index (κ1) is 14.9. The fourth-order valence-corrected chi connectivity index (χ4v) is 3.89. The van der Waals surface area contributed by atoms with Crippen LogP contribution >= 0.6 is 22.6 Å². The molecule has 3 aromatic rings. The highest BCUT2D eigenvalue weighted by Gasteiger charge is 2.21. The molecule has 4 rings (SSSR count). The number of halogens is 1. The minimum atomic E-state index is 0.854. The Bertz CT molecular complexity index is 824. The topological polar surface area (TPSA) is 30.7 Å². The molecule has 0 radical (unpaired) electrons. The van der Waals surface area contributed by atoms with Gasteiger partial charge in [0, 0.05) is 32.8 Å². The van der Waals surface area contributed by atoms with E-state index in [2.05, 4.69) is 68.7 Å². The van der Waals surface area contributed by atoms with Crippen LogP contribution in [0.4, 0.5) is 0 Å². The minimum absolute atomic E-state index is 0.854. The highest BCUT2D eigenvalue weighted by molar-refractivity contribution is 14.1. The lowest BCUT2D eigenvalue weighted by molar-refractivity contribution is 0.595. The maximum absolute atomic E-state index is 4.98. The Hall–Kier alpha value is -1.69. The summed E-state index contributed by atoms with van der Waals surface area (Å²) < 4.78 is 3.53. The van der Waals surface area contributed by atoms with E-state index in [0.717, 1.165) is 25.1 Å². The van der Waals surface area contributed by atoms with E-state index in [1.165, 1.54) is 38.8 Å². The Kier molecular flexibility index (Phi) is 4.16. The van der Waals surface area contributed by atoms with Gasteiger partial charge in [-0.1, -0.05) is 18.2 Å². The van der Waals surface area contributed by atoms with Gasteiger partial charge in [0.25, 0.3) is 0 Å². The van der Waals surface area contributed by atoms with Crippen LogP contribution in [0, 0.1) is 3.57 Å². The van der Waals surface area contributed by atoms with Gasteiger partial charge in [0.05, 0.1) is 12.2 Å². The predicted octanol–water partition coefficient (Wildman–Crippen LogP) is 4.48. The quantitative estimate of drug-likeness (QED) is 0.591. The average Bonchev–Trinajstić information content (AvgIpc) is 2.97. The van der Waals surface area contributed by atoms with Crippen molar-refractivity contribution >= 4 is 22.6 Å². The summed E-state index contributed by atoms with van der Waals surface area (Å²) >= 11 is 2.41. The van der Waals surface area contributed by atoms with E-state index < -0.39 is 0 Å². The van der Waals surface area contributed by atoms with Crippen molar-refractivity contribution in [3.05, 3.63) is 69.2 Å². The Morgan fingerprint density at radius 3 is 2.61 bits per heavy atom. The van der Waals surface area contributed by atoms with Crippen LogP contribution in [0.15, 0.2) is 48.8 Å². The maximum Gasteiger partial charge on any atom is 0.0959 e. The molecule has 0 saturated carbocycles. The first-order valence-corrected chi connectivity index (χ1v) is 9.13. The van der Waals surface area contributed by atoms with Crippen LogP contribution in [0.25, 0.3) is 11.3 Å². The second-order valence-corrected chi connectivity index (χ2v) is 7.13. The smallest absolute Gasteiger partial charge is 0.0959 e. The molecular weight excluding hydrogens is 397 g/mol. The van der Waals surface area contributed by atoms with Crippen molar-refractivity contribution in [3.8, 4) is 11.3 Å². The fraction of sp³-hybridized carbons (Fsp3) is 0.263. The third kappa shape index (κ3) is 2.92. The number of nitrogens with zero attached hydrogens (tertiary/aromatic N) is 3. The molecule has 0 N–H and O–H groups in total. The van der Waals surface area contributed by atoms with E-state index in [4.69, 9.17) is 5.10 Å². The molecule has 3 nitrogen and oxygen atoms in total. The lowest BCUT2D eigenvalue weighted by atomic mass is 9.94. The number of pyridine rings is 1. The molecule has 1 aromatic carbocycles. The van der Waals surface area contributed by atoms with E-state index in [0.29, 0.717) is 0 Å². The van der Waals surface area contributed by atoms with Crippen LogP contribution < -0.4 is 0 Å². The molecule has 0 bridgehead atoms. The highest BCUT2D eigenvalue weighted by atomic mass is 127. The zero-order valence-electron chi connectivity index (χ0n) is 12.9. The summed E-state index contributed by atoms with van der Waals surface area (Å²) in [5, 5.41) is 4.98. The number of hydrogen-bond donors (Lipinski definition) is 0. The van der Waals surface area contributed by atoms with Crippen molar-refractivity contribution in [2.45, 2.75) is 32.2 Å². The van der Waals surface area contributed by atoms with Gasteiger partial charge in [0.2, 0.25) is 0 Å². The molecule has 0 spiro atoms. The summed E-state index contributed by atoms with van der Waals surface area (Å²) in [4.78, 5) is 4.13. The molecule has 1 aliphatic carbocycles. The molecule has 4 heteroatoms. The summed E-state index contributed by atoms with van der Waals surface area (Å²) in [6, 6.07) is 12.7. The van der Waals surface area contributed by atoms with Crippen LogP contribution in [0.2, 0.25) is 0 Å². The third-order valence-electron chi connectivity index (χ3n) is 4.49. The summed E-state index contributed by atoms with van der Waals surface area (Å²) in [7, 11) is 0. The second-order valence-electron chi connectivity index (χ2n) is 5.97. The van der Waals surface area contributed by atoms with Crippen molar-refractivity contribution in [1.82, 2.24) is 14.8 Å².